The first-order chi connectivity index (χ1) is 12.7. The third-order valence-corrected chi connectivity index (χ3v) is 4.98. The molecule has 0 aliphatic carbocycles. The number of ether oxygens (including phenoxy) is 1. The van der Waals surface area contributed by atoms with Crippen LogP contribution in [0.3, 0.4) is 0 Å². The van der Waals surface area contributed by atoms with Gasteiger partial charge in [-0.3, -0.25) is 4.79 Å². The molecule has 1 unspecified atom stereocenters. The Morgan fingerprint density at radius 2 is 1.85 bits per heavy atom. The molecule has 0 fully saturated rings. The lowest BCUT2D eigenvalue weighted by atomic mass is 10.1. The van der Waals surface area contributed by atoms with Crippen molar-refractivity contribution in [1.82, 2.24) is 5.32 Å². The quantitative estimate of drug-likeness (QED) is 0.654. The van der Waals surface area contributed by atoms with Crippen LogP contribution in [-0.4, -0.2) is 12.5 Å². The third kappa shape index (κ3) is 4.70. The summed E-state index contributed by atoms with van der Waals surface area (Å²) in [7, 11) is 0. The zero-order chi connectivity index (χ0) is 18.4. The first-order valence-electron chi connectivity index (χ1n) is 8.45. The minimum Gasteiger partial charge on any atom is -0.484 e. The third-order valence-electron chi connectivity index (χ3n) is 4.04. The van der Waals surface area contributed by atoms with Crippen molar-refractivity contribution in [3.63, 3.8) is 0 Å². The van der Waals surface area contributed by atoms with Crippen molar-refractivity contribution in [2.24, 2.45) is 0 Å². The van der Waals surface area contributed by atoms with Crippen LogP contribution < -0.4 is 10.1 Å². The zero-order valence-corrected chi connectivity index (χ0v) is 15.3. The van der Waals surface area contributed by atoms with Gasteiger partial charge in [0.25, 0.3) is 5.91 Å². The van der Waals surface area contributed by atoms with E-state index in [1.807, 2.05) is 41.8 Å². The molecule has 1 aromatic heterocycles. The summed E-state index contributed by atoms with van der Waals surface area (Å²) >= 11 is 1.54. The number of amides is 1. The summed E-state index contributed by atoms with van der Waals surface area (Å²) in [6, 6.07) is 17.4. The largest absolute Gasteiger partial charge is 0.484 e. The van der Waals surface area contributed by atoms with Gasteiger partial charge in [-0.15, -0.1) is 11.3 Å². The Morgan fingerprint density at radius 3 is 2.46 bits per heavy atom. The molecule has 0 radical (unpaired) electrons. The van der Waals surface area contributed by atoms with Gasteiger partial charge >= 0.3 is 0 Å². The maximum atomic E-state index is 13.2. The van der Waals surface area contributed by atoms with E-state index < -0.39 is 0 Å². The molecule has 1 N–H and O–H groups in total. The Kier molecular flexibility index (Phi) is 6.02. The van der Waals surface area contributed by atoms with Gasteiger partial charge in [-0.2, -0.15) is 0 Å². The van der Waals surface area contributed by atoms with Crippen molar-refractivity contribution in [2.75, 3.05) is 6.61 Å². The number of rotatable bonds is 7. The van der Waals surface area contributed by atoms with E-state index in [0.717, 1.165) is 16.9 Å². The van der Waals surface area contributed by atoms with Crippen LogP contribution in [0.25, 0.3) is 0 Å². The maximum Gasteiger partial charge on any atom is 0.258 e. The number of hydrogen-bond donors (Lipinski definition) is 1. The number of carbonyl (C=O) groups is 1. The van der Waals surface area contributed by atoms with E-state index in [9.17, 15) is 9.18 Å². The number of benzene rings is 2. The molecule has 0 saturated carbocycles. The van der Waals surface area contributed by atoms with E-state index >= 15 is 0 Å². The average molecular weight is 369 g/mol. The second-order valence-corrected chi connectivity index (χ2v) is 6.83. The van der Waals surface area contributed by atoms with Gasteiger partial charge in [0.2, 0.25) is 0 Å². The van der Waals surface area contributed by atoms with E-state index in [0.29, 0.717) is 5.75 Å². The highest BCUT2D eigenvalue weighted by atomic mass is 32.1. The lowest BCUT2D eigenvalue weighted by Gasteiger charge is -2.18. The molecule has 3 rings (SSSR count). The first kappa shape index (κ1) is 18.1. The summed E-state index contributed by atoms with van der Waals surface area (Å²) in [5.74, 6) is 0.128. The first-order valence-corrected chi connectivity index (χ1v) is 9.33. The van der Waals surface area contributed by atoms with E-state index in [2.05, 4.69) is 12.2 Å². The summed E-state index contributed by atoms with van der Waals surface area (Å²) < 4.78 is 18.8. The van der Waals surface area contributed by atoms with Crippen molar-refractivity contribution >= 4 is 17.2 Å². The summed E-state index contributed by atoms with van der Waals surface area (Å²) in [6.07, 6.45) is 0.959. The van der Waals surface area contributed by atoms with Crippen molar-refractivity contribution in [2.45, 2.75) is 19.4 Å². The summed E-state index contributed by atoms with van der Waals surface area (Å²) in [5.41, 5.74) is 2.05. The van der Waals surface area contributed by atoms with Gasteiger partial charge in [0.05, 0.1) is 6.04 Å². The smallest absolute Gasteiger partial charge is 0.258 e. The van der Waals surface area contributed by atoms with Crippen molar-refractivity contribution in [3.8, 4) is 5.75 Å². The second kappa shape index (κ2) is 8.63. The van der Waals surface area contributed by atoms with Gasteiger partial charge in [-0.25, -0.2) is 4.39 Å². The normalized spacial score (nSPS) is 11.8. The number of hydrogen-bond acceptors (Lipinski definition) is 3. The Labute approximate surface area is 156 Å². The van der Waals surface area contributed by atoms with Crippen LogP contribution in [0.1, 0.15) is 29.0 Å². The molecule has 0 bridgehead atoms. The van der Waals surface area contributed by atoms with Crippen LogP contribution in [-0.2, 0) is 11.2 Å². The molecule has 0 saturated heterocycles. The minimum atomic E-state index is -0.325. The molecule has 0 spiro atoms. The standard InChI is InChI=1S/C21H20FNO2S/c1-2-15-5-11-18(12-6-15)25-14-20(24)23-21(19-4-3-13-26-19)16-7-9-17(22)10-8-16/h3-13,21H,2,14H2,1H3,(H,23,24). The zero-order valence-electron chi connectivity index (χ0n) is 14.4. The second-order valence-electron chi connectivity index (χ2n) is 5.85. The number of thiophene rings is 1. The molecule has 1 atom stereocenters. The van der Waals surface area contributed by atoms with Gasteiger partial charge in [0, 0.05) is 4.88 Å². The van der Waals surface area contributed by atoms with Gasteiger partial charge in [0.15, 0.2) is 6.61 Å². The van der Waals surface area contributed by atoms with Crippen molar-refractivity contribution in [1.29, 1.82) is 0 Å². The molecular formula is C21H20FNO2S. The fourth-order valence-electron chi connectivity index (χ4n) is 2.60. The highest BCUT2D eigenvalue weighted by Gasteiger charge is 2.18. The molecule has 1 heterocycles. The summed E-state index contributed by atoms with van der Waals surface area (Å²) in [5, 5.41) is 4.92. The van der Waals surface area contributed by atoms with Crippen molar-refractivity contribution < 1.29 is 13.9 Å². The highest BCUT2D eigenvalue weighted by molar-refractivity contribution is 7.10. The summed E-state index contributed by atoms with van der Waals surface area (Å²) in [4.78, 5) is 13.4. The molecular weight excluding hydrogens is 349 g/mol. The molecule has 2 aromatic carbocycles. The Balaban J connectivity index is 1.66. The number of aryl methyl sites for hydroxylation is 1. The monoisotopic (exact) mass is 369 g/mol. The predicted molar refractivity (Wildman–Crippen MR) is 102 cm³/mol. The topological polar surface area (TPSA) is 38.3 Å². The van der Waals surface area contributed by atoms with E-state index in [-0.39, 0.29) is 24.4 Å². The molecule has 3 aromatic rings. The molecule has 1 amide bonds. The SMILES string of the molecule is CCc1ccc(OCC(=O)NC(c2ccc(F)cc2)c2cccs2)cc1. The minimum absolute atomic E-state index is 0.0749. The lowest BCUT2D eigenvalue weighted by Crippen LogP contribution is -2.32. The van der Waals surface area contributed by atoms with Crippen LogP contribution in [0, 0.1) is 5.82 Å². The van der Waals surface area contributed by atoms with Crippen LogP contribution in [0.15, 0.2) is 66.0 Å². The number of nitrogens with one attached hydrogen (secondary N) is 1. The Bertz CT molecular complexity index is 829. The number of carbonyl (C=O) groups excluding carboxylic acids is 1. The van der Waals surface area contributed by atoms with E-state index in [1.165, 1.54) is 17.7 Å². The van der Waals surface area contributed by atoms with Crippen LogP contribution in [0.4, 0.5) is 4.39 Å². The Hall–Kier alpha value is -2.66. The number of halogens is 1. The van der Waals surface area contributed by atoms with E-state index in [1.54, 1.807) is 23.5 Å². The van der Waals surface area contributed by atoms with Gasteiger partial charge in [-0.1, -0.05) is 37.3 Å². The molecule has 0 aliphatic heterocycles. The summed E-state index contributed by atoms with van der Waals surface area (Å²) in [6.45, 7) is 2.01. The molecule has 26 heavy (non-hydrogen) atoms. The van der Waals surface area contributed by atoms with E-state index in [4.69, 9.17) is 4.74 Å². The van der Waals surface area contributed by atoms with Gasteiger partial charge in [-0.05, 0) is 53.3 Å². The lowest BCUT2D eigenvalue weighted by molar-refractivity contribution is -0.123. The molecule has 3 nitrogen and oxygen atoms in total. The fourth-order valence-corrected chi connectivity index (χ4v) is 3.40. The Morgan fingerprint density at radius 1 is 1.12 bits per heavy atom. The van der Waals surface area contributed by atoms with Gasteiger partial charge in [0.1, 0.15) is 11.6 Å². The highest BCUT2D eigenvalue weighted by Crippen LogP contribution is 2.26. The molecule has 5 heteroatoms. The maximum absolute atomic E-state index is 13.2. The van der Waals surface area contributed by atoms with Gasteiger partial charge < -0.3 is 10.1 Å². The molecule has 134 valence electrons. The van der Waals surface area contributed by atoms with Crippen LogP contribution in [0.5, 0.6) is 5.75 Å². The fraction of sp³-hybridized carbons (Fsp3) is 0.190. The average Bonchev–Trinajstić information content (AvgIpc) is 3.20. The molecule has 0 aliphatic rings. The van der Waals surface area contributed by atoms with Crippen LogP contribution >= 0.6 is 11.3 Å². The van der Waals surface area contributed by atoms with Crippen molar-refractivity contribution in [3.05, 3.63) is 87.9 Å². The van der Waals surface area contributed by atoms with Crippen LogP contribution in [0.2, 0.25) is 0 Å². The predicted octanol–water partition coefficient (Wildman–Crippen LogP) is 4.73.